The van der Waals surface area contributed by atoms with Gasteiger partial charge in [0, 0.05) is 0 Å². The maximum atomic E-state index is 11.6. The summed E-state index contributed by atoms with van der Waals surface area (Å²) in [6.45, 7) is 0. The van der Waals surface area contributed by atoms with Crippen molar-refractivity contribution in [1.29, 1.82) is 0 Å². The summed E-state index contributed by atoms with van der Waals surface area (Å²) in [4.78, 5) is 22.2. The standard InChI is InChI=1S/C16H14N2O3/c19-15(10-12-4-2-1-3-5-12)18-17-11-13-6-8-14(9-7-13)16(20)21/h1-9,11H,10H2,(H,18,19)(H,20,21)/p-1/b17-11-. The van der Waals surface area contributed by atoms with Crippen molar-refractivity contribution in [1.82, 2.24) is 5.43 Å². The summed E-state index contributed by atoms with van der Waals surface area (Å²) in [5.74, 6) is -1.45. The van der Waals surface area contributed by atoms with Gasteiger partial charge in [0.25, 0.3) is 0 Å². The summed E-state index contributed by atoms with van der Waals surface area (Å²) in [5.41, 5.74) is 4.10. The first-order valence-electron chi connectivity index (χ1n) is 6.32. The number of aromatic carboxylic acids is 1. The van der Waals surface area contributed by atoms with E-state index in [4.69, 9.17) is 0 Å². The number of nitrogens with zero attached hydrogens (tertiary/aromatic N) is 1. The Balaban J connectivity index is 1.87. The SMILES string of the molecule is O=C(Cc1ccccc1)N/N=C\c1ccc(C(=O)[O-])cc1. The molecule has 5 nitrogen and oxygen atoms in total. The Morgan fingerprint density at radius 3 is 2.33 bits per heavy atom. The minimum atomic E-state index is -1.23. The van der Waals surface area contributed by atoms with E-state index in [1.54, 1.807) is 12.1 Å². The number of nitrogens with one attached hydrogen (secondary N) is 1. The van der Waals surface area contributed by atoms with Crippen LogP contribution in [0.4, 0.5) is 0 Å². The van der Waals surface area contributed by atoms with E-state index in [1.165, 1.54) is 18.3 Å². The lowest BCUT2D eigenvalue weighted by Gasteiger charge is -2.02. The number of carbonyl (C=O) groups excluding carboxylic acids is 2. The number of hydrogen-bond donors (Lipinski definition) is 1. The van der Waals surface area contributed by atoms with Crippen LogP contribution in [0.15, 0.2) is 59.7 Å². The van der Waals surface area contributed by atoms with Gasteiger partial charge < -0.3 is 9.90 Å². The van der Waals surface area contributed by atoms with Crippen LogP contribution in [0.3, 0.4) is 0 Å². The Labute approximate surface area is 121 Å². The predicted octanol–water partition coefficient (Wildman–Crippen LogP) is 0.743. The number of carbonyl (C=O) groups is 2. The Morgan fingerprint density at radius 2 is 1.71 bits per heavy atom. The van der Waals surface area contributed by atoms with Crippen LogP contribution in [0.2, 0.25) is 0 Å². The molecule has 2 aromatic rings. The summed E-state index contributed by atoms with van der Waals surface area (Å²) in [5, 5.41) is 14.4. The molecule has 0 aromatic heterocycles. The number of benzene rings is 2. The second kappa shape index (κ2) is 7.00. The van der Waals surface area contributed by atoms with Gasteiger partial charge in [-0.2, -0.15) is 5.10 Å². The number of carboxylic acids is 1. The molecule has 1 amide bonds. The molecule has 0 saturated heterocycles. The molecule has 0 radical (unpaired) electrons. The van der Waals surface area contributed by atoms with Gasteiger partial charge in [-0.3, -0.25) is 4.79 Å². The van der Waals surface area contributed by atoms with E-state index < -0.39 is 5.97 Å². The average molecular weight is 281 g/mol. The quantitative estimate of drug-likeness (QED) is 0.648. The Morgan fingerprint density at radius 1 is 1.05 bits per heavy atom. The van der Waals surface area contributed by atoms with Gasteiger partial charge in [-0.25, -0.2) is 5.43 Å². The third-order valence-electron chi connectivity index (χ3n) is 2.76. The van der Waals surface area contributed by atoms with Crippen molar-refractivity contribution in [2.75, 3.05) is 0 Å². The van der Waals surface area contributed by atoms with Gasteiger partial charge >= 0.3 is 0 Å². The molecule has 21 heavy (non-hydrogen) atoms. The molecule has 0 bridgehead atoms. The maximum absolute atomic E-state index is 11.6. The third kappa shape index (κ3) is 4.58. The Bertz CT molecular complexity index is 649. The minimum absolute atomic E-state index is 0.0975. The van der Waals surface area contributed by atoms with Gasteiger partial charge in [-0.15, -0.1) is 0 Å². The zero-order valence-electron chi connectivity index (χ0n) is 11.2. The maximum Gasteiger partial charge on any atom is 0.244 e. The average Bonchev–Trinajstić information content (AvgIpc) is 2.49. The number of hydrazone groups is 1. The molecular formula is C16H13N2O3-. The second-order valence-electron chi connectivity index (χ2n) is 4.37. The molecule has 0 saturated carbocycles. The molecule has 2 aromatic carbocycles. The van der Waals surface area contributed by atoms with Crippen molar-refractivity contribution in [3.63, 3.8) is 0 Å². The predicted molar refractivity (Wildman–Crippen MR) is 76.7 cm³/mol. The molecule has 0 aliphatic carbocycles. The van der Waals surface area contributed by atoms with Crippen molar-refractivity contribution >= 4 is 18.1 Å². The van der Waals surface area contributed by atoms with Crippen LogP contribution >= 0.6 is 0 Å². The number of hydrogen-bond acceptors (Lipinski definition) is 4. The first kappa shape index (κ1) is 14.5. The zero-order chi connectivity index (χ0) is 15.1. The van der Waals surface area contributed by atoms with E-state index >= 15 is 0 Å². The molecule has 0 fully saturated rings. The molecule has 0 unspecified atom stereocenters. The van der Waals surface area contributed by atoms with E-state index in [-0.39, 0.29) is 17.9 Å². The highest BCUT2D eigenvalue weighted by Crippen LogP contribution is 2.01. The van der Waals surface area contributed by atoms with E-state index in [9.17, 15) is 14.7 Å². The van der Waals surface area contributed by atoms with Crippen LogP contribution in [0.5, 0.6) is 0 Å². The highest BCUT2D eigenvalue weighted by molar-refractivity contribution is 5.88. The molecule has 0 heterocycles. The normalized spacial score (nSPS) is 10.5. The van der Waals surface area contributed by atoms with E-state index in [2.05, 4.69) is 10.5 Å². The topological polar surface area (TPSA) is 81.6 Å². The van der Waals surface area contributed by atoms with E-state index in [1.807, 2.05) is 30.3 Å². The van der Waals surface area contributed by atoms with Crippen LogP contribution in [-0.2, 0) is 11.2 Å². The summed E-state index contributed by atoms with van der Waals surface area (Å²) >= 11 is 0. The number of amides is 1. The highest BCUT2D eigenvalue weighted by Gasteiger charge is 2.00. The summed E-state index contributed by atoms with van der Waals surface area (Å²) in [6, 6.07) is 15.3. The first-order chi connectivity index (χ1) is 10.1. The van der Waals surface area contributed by atoms with Crippen molar-refractivity contribution in [3.05, 3.63) is 71.3 Å². The summed E-state index contributed by atoms with van der Waals surface area (Å²) in [7, 11) is 0. The van der Waals surface area contributed by atoms with Crippen LogP contribution in [0.1, 0.15) is 21.5 Å². The van der Waals surface area contributed by atoms with Crippen LogP contribution in [0, 0.1) is 0 Å². The molecule has 106 valence electrons. The minimum Gasteiger partial charge on any atom is -0.545 e. The van der Waals surface area contributed by atoms with Crippen molar-refractivity contribution < 1.29 is 14.7 Å². The molecule has 2 rings (SSSR count). The molecule has 0 aliphatic heterocycles. The van der Waals surface area contributed by atoms with Gasteiger partial charge in [-0.1, -0.05) is 54.6 Å². The molecular weight excluding hydrogens is 268 g/mol. The molecule has 5 heteroatoms. The van der Waals surface area contributed by atoms with Crippen LogP contribution < -0.4 is 10.5 Å². The van der Waals surface area contributed by atoms with E-state index in [0.29, 0.717) is 5.56 Å². The molecule has 1 N–H and O–H groups in total. The Kier molecular flexibility index (Phi) is 4.82. The third-order valence-corrected chi connectivity index (χ3v) is 2.76. The highest BCUT2D eigenvalue weighted by atomic mass is 16.4. The molecule has 0 atom stereocenters. The van der Waals surface area contributed by atoms with Crippen LogP contribution in [0.25, 0.3) is 0 Å². The molecule has 0 aliphatic rings. The van der Waals surface area contributed by atoms with Gasteiger partial charge in [-0.05, 0) is 16.7 Å². The van der Waals surface area contributed by atoms with Gasteiger partial charge in [0.05, 0.1) is 18.6 Å². The van der Waals surface area contributed by atoms with Gasteiger partial charge in [0.2, 0.25) is 5.91 Å². The van der Waals surface area contributed by atoms with Gasteiger partial charge in [0.15, 0.2) is 0 Å². The largest absolute Gasteiger partial charge is 0.545 e. The fourth-order valence-electron chi connectivity index (χ4n) is 1.70. The van der Waals surface area contributed by atoms with Crippen LogP contribution in [-0.4, -0.2) is 18.1 Å². The zero-order valence-corrected chi connectivity index (χ0v) is 11.2. The lowest BCUT2D eigenvalue weighted by molar-refractivity contribution is -0.255. The monoisotopic (exact) mass is 281 g/mol. The second-order valence-corrected chi connectivity index (χ2v) is 4.37. The first-order valence-corrected chi connectivity index (χ1v) is 6.32. The summed E-state index contributed by atoms with van der Waals surface area (Å²) in [6.07, 6.45) is 1.70. The van der Waals surface area contributed by atoms with Crippen molar-refractivity contribution in [2.24, 2.45) is 5.10 Å². The fourth-order valence-corrected chi connectivity index (χ4v) is 1.70. The smallest absolute Gasteiger partial charge is 0.244 e. The number of rotatable bonds is 5. The van der Waals surface area contributed by atoms with Crippen molar-refractivity contribution in [2.45, 2.75) is 6.42 Å². The lowest BCUT2D eigenvalue weighted by Crippen LogP contribution is -2.22. The van der Waals surface area contributed by atoms with Crippen molar-refractivity contribution in [3.8, 4) is 0 Å². The van der Waals surface area contributed by atoms with E-state index in [0.717, 1.165) is 5.56 Å². The Hall–Kier alpha value is -2.95. The van der Waals surface area contributed by atoms with Gasteiger partial charge in [0.1, 0.15) is 0 Å². The fraction of sp³-hybridized carbons (Fsp3) is 0.0625. The molecule has 0 spiro atoms. The lowest BCUT2D eigenvalue weighted by atomic mass is 10.1. The number of carboxylic acid groups (broad SMARTS) is 1. The summed E-state index contributed by atoms with van der Waals surface area (Å²) < 4.78 is 0.